The summed E-state index contributed by atoms with van der Waals surface area (Å²) >= 11 is 0. The van der Waals surface area contributed by atoms with E-state index in [2.05, 4.69) is 20.3 Å². The van der Waals surface area contributed by atoms with Gasteiger partial charge in [0.05, 0.1) is 6.61 Å². The molecule has 2 rings (SSSR count). The second-order valence-corrected chi connectivity index (χ2v) is 3.71. The van der Waals surface area contributed by atoms with Crippen molar-refractivity contribution >= 4 is 5.95 Å². The highest BCUT2D eigenvalue weighted by atomic mass is 16.3. The molecule has 0 bridgehead atoms. The van der Waals surface area contributed by atoms with E-state index in [1.165, 1.54) is 12.8 Å². The van der Waals surface area contributed by atoms with E-state index in [1.807, 2.05) is 20.8 Å². The molecule has 0 aliphatic heterocycles. The maximum atomic E-state index is 8.71. The van der Waals surface area contributed by atoms with Crippen LogP contribution in [0.1, 0.15) is 51.2 Å². The van der Waals surface area contributed by atoms with Gasteiger partial charge in [-0.25, -0.2) is 4.98 Å². The molecule has 1 saturated carbocycles. The van der Waals surface area contributed by atoms with Crippen molar-refractivity contribution in [2.75, 3.05) is 18.5 Å². The third-order valence-corrected chi connectivity index (χ3v) is 2.35. The topological polar surface area (TPSA) is 70.9 Å². The van der Waals surface area contributed by atoms with Crippen molar-refractivity contribution in [3.8, 4) is 0 Å². The Hall–Kier alpha value is -1.23. The van der Waals surface area contributed by atoms with E-state index < -0.39 is 0 Å². The summed E-state index contributed by atoms with van der Waals surface area (Å²) in [7, 11) is 0. The Kier molecular flexibility index (Phi) is 5.83. The maximum absolute atomic E-state index is 8.71. The molecule has 0 saturated heterocycles. The summed E-state index contributed by atoms with van der Waals surface area (Å²) in [6.45, 7) is 6.60. The third-order valence-electron chi connectivity index (χ3n) is 2.35. The van der Waals surface area contributed by atoms with Gasteiger partial charge in [0.2, 0.25) is 5.95 Å². The highest BCUT2D eigenvalue weighted by Crippen LogP contribution is 2.38. The molecule has 1 aromatic heterocycles. The van der Waals surface area contributed by atoms with Crippen molar-refractivity contribution in [1.82, 2.24) is 15.0 Å². The summed E-state index contributed by atoms with van der Waals surface area (Å²) in [5.41, 5.74) is 0. The Morgan fingerprint density at radius 2 is 1.94 bits per heavy atom. The molecule has 1 aliphatic carbocycles. The monoisotopic (exact) mass is 238 g/mol. The van der Waals surface area contributed by atoms with Crippen LogP contribution >= 0.6 is 0 Å². The number of nitrogens with one attached hydrogen (secondary N) is 1. The van der Waals surface area contributed by atoms with Gasteiger partial charge in [-0.1, -0.05) is 20.8 Å². The largest absolute Gasteiger partial charge is 0.395 e. The first-order valence-corrected chi connectivity index (χ1v) is 6.43. The summed E-state index contributed by atoms with van der Waals surface area (Å²) < 4.78 is 0. The quantitative estimate of drug-likeness (QED) is 0.817. The number of aliphatic hydroxyl groups is 1. The Morgan fingerprint density at radius 1 is 1.24 bits per heavy atom. The van der Waals surface area contributed by atoms with Crippen molar-refractivity contribution in [2.24, 2.45) is 0 Å². The smallest absolute Gasteiger partial charge is 0.226 e. The number of hydrogen-bond donors (Lipinski definition) is 2. The molecule has 96 valence electrons. The molecule has 0 aromatic carbocycles. The summed E-state index contributed by atoms with van der Waals surface area (Å²) in [6, 6.07) is 0. The lowest BCUT2D eigenvalue weighted by Gasteiger charge is -2.06. The van der Waals surface area contributed by atoms with Crippen LogP contribution in [0.25, 0.3) is 0 Å². The predicted octanol–water partition coefficient (Wildman–Crippen LogP) is 1.74. The SMILES string of the molecule is CC.CCc1nc(NCCO)nc(C2CC2)n1. The van der Waals surface area contributed by atoms with Crippen LogP contribution in [0.2, 0.25) is 0 Å². The van der Waals surface area contributed by atoms with E-state index in [9.17, 15) is 0 Å². The number of hydrogen-bond acceptors (Lipinski definition) is 5. The van der Waals surface area contributed by atoms with Gasteiger partial charge in [-0.15, -0.1) is 0 Å². The van der Waals surface area contributed by atoms with Crippen LogP contribution in [0.4, 0.5) is 5.95 Å². The molecule has 5 nitrogen and oxygen atoms in total. The van der Waals surface area contributed by atoms with E-state index in [-0.39, 0.29) is 6.61 Å². The minimum Gasteiger partial charge on any atom is -0.395 e. The summed E-state index contributed by atoms with van der Waals surface area (Å²) in [5.74, 6) is 2.86. The highest BCUT2D eigenvalue weighted by Gasteiger charge is 2.27. The first-order valence-electron chi connectivity index (χ1n) is 6.43. The molecule has 5 heteroatoms. The van der Waals surface area contributed by atoms with Crippen molar-refractivity contribution in [2.45, 2.75) is 46.0 Å². The molecule has 1 fully saturated rings. The van der Waals surface area contributed by atoms with Gasteiger partial charge in [-0.05, 0) is 12.8 Å². The summed E-state index contributed by atoms with van der Waals surface area (Å²) in [6.07, 6.45) is 3.19. The van der Waals surface area contributed by atoms with Crippen LogP contribution < -0.4 is 5.32 Å². The number of anilines is 1. The molecule has 2 N–H and O–H groups in total. The molecule has 1 heterocycles. The fourth-order valence-corrected chi connectivity index (χ4v) is 1.37. The van der Waals surface area contributed by atoms with Gasteiger partial charge in [-0.3, -0.25) is 0 Å². The van der Waals surface area contributed by atoms with Gasteiger partial charge in [0.1, 0.15) is 11.6 Å². The minimum atomic E-state index is 0.0892. The van der Waals surface area contributed by atoms with Crippen LogP contribution in [0.3, 0.4) is 0 Å². The van der Waals surface area contributed by atoms with Gasteiger partial charge in [0.15, 0.2) is 0 Å². The highest BCUT2D eigenvalue weighted by molar-refractivity contribution is 5.26. The van der Waals surface area contributed by atoms with Gasteiger partial charge in [0, 0.05) is 18.9 Å². The second kappa shape index (κ2) is 7.17. The van der Waals surface area contributed by atoms with Crippen LogP contribution in [0.5, 0.6) is 0 Å². The number of aliphatic hydroxyl groups excluding tert-OH is 1. The van der Waals surface area contributed by atoms with Crippen molar-refractivity contribution in [3.05, 3.63) is 11.6 Å². The molecule has 0 unspecified atom stereocenters. The van der Waals surface area contributed by atoms with E-state index in [1.54, 1.807) is 0 Å². The molecule has 0 radical (unpaired) electrons. The molecule has 1 aliphatic rings. The molecule has 1 aromatic rings. The lowest BCUT2D eigenvalue weighted by atomic mass is 10.4. The Labute approximate surface area is 103 Å². The average Bonchev–Trinajstić information content (AvgIpc) is 3.22. The molecule has 0 amide bonds. The van der Waals surface area contributed by atoms with Crippen molar-refractivity contribution in [1.29, 1.82) is 0 Å². The fourth-order valence-electron chi connectivity index (χ4n) is 1.37. The zero-order chi connectivity index (χ0) is 12.7. The van der Waals surface area contributed by atoms with E-state index in [4.69, 9.17) is 5.11 Å². The van der Waals surface area contributed by atoms with Gasteiger partial charge < -0.3 is 10.4 Å². The maximum Gasteiger partial charge on any atom is 0.226 e. The first-order chi connectivity index (χ1) is 8.33. The number of aromatic nitrogens is 3. The minimum absolute atomic E-state index is 0.0892. The first kappa shape index (κ1) is 13.8. The lowest BCUT2D eigenvalue weighted by Crippen LogP contribution is -2.12. The number of aryl methyl sites for hydroxylation is 1. The van der Waals surface area contributed by atoms with Crippen molar-refractivity contribution in [3.63, 3.8) is 0 Å². The Bertz CT molecular complexity index is 339. The van der Waals surface area contributed by atoms with Gasteiger partial charge in [0.25, 0.3) is 0 Å². The molecule has 17 heavy (non-hydrogen) atoms. The van der Waals surface area contributed by atoms with E-state index in [0.717, 1.165) is 18.1 Å². The lowest BCUT2D eigenvalue weighted by molar-refractivity contribution is 0.310. The third kappa shape index (κ3) is 4.26. The average molecular weight is 238 g/mol. The fraction of sp³-hybridized carbons (Fsp3) is 0.750. The van der Waals surface area contributed by atoms with Gasteiger partial charge in [-0.2, -0.15) is 9.97 Å². The number of rotatable bonds is 5. The van der Waals surface area contributed by atoms with Crippen LogP contribution in [0, 0.1) is 0 Å². The number of nitrogens with zero attached hydrogens (tertiary/aromatic N) is 3. The van der Waals surface area contributed by atoms with E-state index in [0.29, 0.717) is 18.4 Å². The zero-order valence-electron chi connectivity index (χ0n) is 10.9. The standard InChI is InChI=1S/C10H16N4O.C2H6/c1-2-8-12-9(7-3-4-7)14-10(13-8)11-5-6-15;1-2/h7,15H,2-6H2,1H3,(H,11,12,13,14);1-2H3. The normalized spacial score (nSPS) is 13.9. The molecular formula is C12H22N4O. The Morgan fingerprint density at radius 3 is 2.47 bits per heavy atom. The zero-order valence-corrected chi connectivity index (χ0v) is 10.9. The van der Waals surface area contributed by atoms with Gasteiger partial charge >= 0.3 is 0 Å². The van der Waals surface area contributed by atoms with Crippen LogP contribution in [-0.2, 0) is 6.42 Å². The van der Waals surface area contributed by atoms with Crippen molar-refractivity contribution < 1.29 is 5.11 Å². The van der Waals surface area contributed by atoms with E-state index >= 15 is 0 Å². The molecule has 0 atom stereocenters. The Balaban J connectivity index is 0.000000686. The second-order valence-electron chi connectivity index (χ2n) is 3.71. The summed E-state index contributed by atoms with van der Waals surface area (Å²) in [4.78, 5) is 13.0. The van der Waals surface area contributed by atoms with Crippen LogP contribution in [-0.4, -0.2) is 33.2 Å². The molecular weight excluding hydrogens is 216 g/mol. The van der Waals surface area contributed by atoms with Crippen LogP contribution in [0.15, 0.2) is 0 Å². The molecule has 0 spiro atoms. The summed E-state index contributed by atoms with van der Waals surface area (Å²) in [5, 5.41) is 11.7. The predicted molar refractivity (Wildman–Crippen MR) is 68.1 cm³/mol.